The summed E-state index contributed by atoms with van der Waals surface area (Å²) in [5, 5.41) is 5.93. The van der Waals surface area contributed by atoms with E-state index in [0.29, 0.717) is 6.54 Å². The zero-order valence-electron chi connectivity index (χ0n) is 12.4. The van der Waals surface area contributed by atoms with Crippen molar-refractivity contribution in [3.8, 4) is 0 Å². The second-order valence-electron chi connectivity index (χ2n) is 4.96. The predicted molar refractivity (Wildman–Crippen MR) is 90.1 cm³/mol. The molecule has 22 heavy (non-hydrogen) atoms. The smallest absolute Gasteiger partial charge is 0.315 e. The number of carbonyl (C=O) groups is 1. The molecular formula is C17H20N2O2S. The third-order valence-electron chi connectivity index (χ3n) is 3.59. The van der Waals surface area contributed by atoms with Gasteiger partial charge in [0.15, 0.2) is 0 Å². The summed E-state index contributed by atoms with van der Waals surface area (Å²) in [5.41, 5.74) is 3.63. The minimum absolute atomic E-state index is 0. The van der Waals surface area contributed by atoms with Crippen LogP contribution in [-0.4, -0.2) is 18.1 Å². The molecule has 0 saturated carbocycles. The largest absolute Gasteiger partial charge is 0.412 e. The molecule has 1 unspecified atom stereocenters. The van der Waals surface area contributed by atoms with Gasteiger partial charge in [-0.15, -0.1) is 11.8 Å². The van der Waals surface area contributed by atoms with Gasteiger partial charge in [-0.3, -0.25) is 0 Å². The van der Waals surface area contributed by atoms with E-state index in [-0.39, 0.29) is 17.5 Å². The highest BCUT2D eigenvalue weighted by Crippen LogP contribution is 2.39. The quantitative estimate of drug-likeness (QED) is 0.894. The first-order valence-electron chi connectivity index (χ1n) is 7.13. The molecule has 0 aromatic heterocycles. The summed E-state index contributed by atoms with van der Waals surface area (Å²) in [6.45, 7) is 2.54. The highest BCUT2D eigenvalue weighted by molar-refractivity contribution is 7.98. The van der Waals surface area contributed by atoms with Crippen LogP contribution in [0, 0.1) is 0 Å². The van der Waals surface area contributed by atoms with Crippen LogP contribution < -0.4 is 10.6 Å². The van der Waals surface area contributed by atoms with Gasteiger partial charge in [-0.2, -0.15) is 0 Å². The summed E-state index contributed by atoms with van der Waals surface area (Å²) in [4.78, 5) is 13.2. The molecule has 1 aliphatic heterocycles. The van der Waals surface area contributed by atoms with Crippen LogP contribution in [0.25, 0.3) is 0 Å². The standard InChI is InChI=1S/C17H18N2OS.H2O/c1-2-18-17(20)19-16-13-8-4-3-7-12(13)11-21-15-10-6-5-9-14(15)16;/h3-10,16H,2,11H2,1H3,(H2,18,19,20);1H2. The monoisotopic (exact) mass is 316 g/mol. The number of hydrogen-bond donors (Lipinski definition) is 2. The number of nitrogens with one attached hydrogen (secondary N) is 2. The van der Waals surface area contributed by atoms with Crippen molar-refractivity contribution in [3.63, 3.8) is 0 Å². The van der Waals surface area contributed by atoms with Gasteiger partial charge in [0.05, 0.1) is 6.04 Å². The predicted octanol–water partition coefficient (Wildman–Crippen LogP) is 2.88. The van der Waals surface area contributed by atoms with Crippen LogP contribution in [0.3, 0.4) is 0 Å². The van der Waals surface area contributed by atoms with Crippen LogP contribution in [0.15, 0.2) is 53.4 Å². The summed E-state index contributed by atoms with van der Waals surface area (Å²) in [7, 11) is 0. The molecule has 2 aromatic rings. The van der Waals surface area contributed by atoms with Crippen molar-refractivity contribution in [2.24, 2.45) is 0 Å². The van der Waals surface area contributed by atoms with Crippen LogP contribution in [0.2, 0.25) is 0 Å². The highest BCUT2D eigenvalue weighted by Gasteiger charge is 2.24. The minimum atomic E-state index is -0.126. The normalized spacial score (nSPS) is 15.6. The number of benzene rings is 2. The summed E-state index contributed by atoms with van der Waals surface area (Å²) in [6, 6.07) is 16.4. The van der Waals surface area contributed by atoms with Gasteiger partial charge in [0.2, 0.25) is 0 Å². The number of hydrogen-bond acceptors (Lipinski definition) is 2. The van der Waals surface area contributed by atoms with E-state index in [9.17, 15) is 4.79 Å². The Bertz CT molecular complexity index is 613. The fraction of sp³-hybridized carbons (Fsp3) is 0.235. The first kappa shape index (κ1) is 16.4. The van der Waals surface area contributed by atoms with Crippen LogP contribution in [-0.2, 0) is 5.75 Å². The number of fused-ring (bicyclic) bond motifs is 2. The second-order valence-corrected chi connectivity index (χ2v) is 5.98. The SMILES string of the molecule is CCNC(=O)NC1c2ccccc2CSc2ccccc21.O. The molecule has 4 nitrogen and oxygen atoms in total. The highest BCUT2D eigenvalue weighted by atomic mass is 32.2. The summed E-state index contributed by atoms with van der Waals surface area (Å²) in [5.74, 6) is 0.931. The van der Waals surface area contributed by atoms with Crippen molar-refractivity contribution < 1.29 is 10.3 Å². The molecule has 2 amide bonds. The molecule has 1 atom stereocenters. The van der Waals surface area contributed by atoms with E-state index in [1.165, 1.54) is 21.6 Å². The Kier molecular flexibility index (Phi) is 5.46. The van der Waals surface area contributed by atoms with Crippen molar-refractivity contribution in [1.82, 2.24) is 10.6 Å². The number of thioether (sulfide) groups is 1. The van der Waals surface area contributed by atoms with Gasteiger partial charge < -0.3 is 16.1 Å². The van der Waals surface area contributed by atoms with Gasteiger partial charge in [-0.05, 0) is 29.7 Å². The van der Waals surface area contributed by atoms with Gasteiger partial charge in [0.25, 0.3) is 0 Å². The van der Waals surface area contributed by atoms with Gasteiger partial charge >= 0.3 is 6.03 Å². The first-order chi connectivity index (χ1) is 10.3. The molecule has 2 aromatic carbocycles. The topological polar surface area (TPSA) is 72.6 Å². The van der Waals surface area contributed by atoms with Gasteiger partial charge in [0, 0.05) is 17.2 Å². The fourth-order valence-corrected chi connectivity index (χ4v) is 3.72. The Morgan fingerprint density at radius 3 is 2.59 bits per heavy atom. The number of carbonyl (C=O) groups excluding carboxylic acids is 1. The molecule has 0 spiro atoms. The van der Waals surface area contributed by atoms with Crippen molar-refractivity contribution in [1.29, 1.82) is 0 Å². The van der Waals surface area contributed by atoms with Gasteiger partial charge in [-0.25, -0.2) is 4.79 Å². The molecule has 116 valence electrons. The van der Waals surface area contributed by atoms with Crippen molar-refractivity contribution in [2.45, 2.75) is 23.6 Å². The fourth-order valence-electron chi connectivity index (χ4n) is 2.62. The maximum absolute atomic E-state index is 12.0. The molecule has 1 heterocycles. The van der Waals surface area contributed by atoms with Crippen LogP contribution >= 0.6 is 11.8 Å². The number of rotatable bonds is 2. The van der Waals surface area contributed by atoms with E-state index in [1.807, 2.05) is 36.9 Å². The molecule has 0 fully saturated rings. The second kappa shape index (κ2) is 7.33. The van der Waals surface area contributed by atoms with Crippen molar-refractivity contribution in [3.05, 3.63) is 65.2 Å². The summed E-state index contributed by atoms with van der Waals surface area (Å²) >= 11 is 1.82. The van der Waals surface area contributed by atoms with E-state index >= 15 is 0 Å². The van der Waals surface area contributed by atoms with E-state index in [0.717, 1.165) is 5.75 Å². The Hall–Kier alpha value is -1.98. The lowest BCUT2D eigenvalue weighted by molar-refractivity contribution is 0.239. The van der Waals surface area contributed by atoms with E-state index in [2.05, 4.69) is 41.0 Å². The Labute approximate surface area is 134 Å². The lowest BCUT2D eigenvalue weighted by atomic mass is 9.95. The third-order valence-corrected chi connectivity index (χ3v) is 4.73. The van der Waals surface area contributed by atoms with E-state index in [1.54, 1.807) is 0 Å². The summed E-state index contributed by atoms with van der Waals surface area (Å²) < 4.78 is 0. The van der Waals surface area contributed by atoms with Crippen LogP contribution in [0.5, 0.6) is 0 Å². The Balaban J connectivity index is 0.00000176. The zero-order valence-corrected chi connectivity index (χ0v) is 13.2. The third kappa shape index (κ3) is 3.26. The Morgan fingerprint density at radius 2 is 1.82 bits per heavy atom. The zero-order chi connectivity index (χ0) is 14.7. The molecule has 0 bridgehead atoms. The lowest BCUT2D eigenvalue weighted by Crippen LogP contribution is -2.38. The number of amides is 2. The number of urea groups is 1. The van der Waals surface area contributed by atoms with E-state index in [4.69, 9.17) is 0 Å². The van der Waals surface area contributed by atoms with Crippen molar-refractivity contribution in [2.75, 3.05) is 6.54 Å². The molecular weight excluding hydrogens is 296 g/mol. The maximum Gasteiger partial charge on any atom is 0.315 e. The molecule has 5 heteroatoms. The van der Waals surface area contributed by atoms with Crippen LogP contribution in [0.4, 0.5) is 4.79 Å². The molecule has 0 saturated heterocycles. The average molecular weight is 316 g/mol. The van der Waals surface area contributed by atoms with Crippen LogP contribution in [0.1, 0.15) is 29.7 Å². The van der Waals surface area contributed by atoms with Gasteiger partial charge in [-0.1, -0.05) is 42.5 Å². The molecule has 0 radical (unpaired) electrons. The lowest BCUT2D eigenvalue weighted by Gasteiger charge is -2.21. The first-order valence-corrected chi connectivity index (χ1v) is 8.12. The van der Waals surface area contributed by atoms with Crippen molar-refractivity contribution >= 4 is 17.8 Å². The Morgan fingerprint density at radius 1 is 1.14 bits per heavy atom. The summed E-state index contributed by atoms with van der Waals surface area (Å²) in [6.07, 6.45) is 0. The molecule has 3 rings (SSSR count). The maximum atomic E-state index is 12.0. The van der Waals surface area contributed by atoms with Gasteiger partial charge in [0.1, 0.15) is 0 Å². The molecule has 1 aliphatic rings. The average Bonchev–Trinajstić information content (AvgIpc) is 2.66. The van der Waals surface area contributed by atoms with E-state index < -0.39 is 0 Å². The molecule has 0 aliphatic carbocycles. The minimum Gasteiger partial charge on any atom is -0.412 e. The molecule has 4 N–H and O–H groups in total.